The van der Waals surface area contributed by atoms with Gasteiger partial charge in [0.15, 0.2) is 0 Å². The van der Waals surface area contributed by atoms with Crippen LogP contribution in [0.5, 0.6) is 11.5 Å². The molecule has 4 fully saturated rings. The summed E-state index contributed by atoms with van der Waals surface area (Å²) in [6.45, 7) is 0. The third-order valence-corrected chi connectivity index (χ3v) is 7.60. The van der Waals surface area contributed by atoms with E-state index in [2.05, 4.69) is 36.4 Å². The molecular formula is C22H21ClO. The van der Waals surface area contributed by atoms with Gasteiger partial charge in [-0.05, 0) is 74.0 Å². The van der Waals surface area contributed by atoms with E-state index in [4.69, 9.17) is 16.3 Å². The largest absolute Gasteiger partial charge is 0.457 e. The topological polar surface area (TPSA) is 9.23 Å². The first-order valence-electron chi connectivity index (χ1n) is 9.32. The second kappa shape index (κ2) is 4.58. The molecule has 4 bridgehead atoms. The molecule has 122 valence electrons. The van der Waals surface area contributed by atoms with E-state index in [-0.39, 0.29) is 5.41 Å². The van der Waals surface area contributed by atoms with E-state index in [0.717, 1.165) is 40.2 Å². The summed E-state index contributed by atoms with van der Waals surface area (Å²) < 4.78 is 6.30. The molecule has 24 heavy (non-hydrogen) atoms. The Morgan fingerprint density at radius 2 is 1.46 bits per heavy atom. The maximum atomic E-state index is 6.30. The minimum absolute atomic E-state index is 0.155. The van der Waals surface area contributed by atoms with Crippen LogP contribution < -0.4 is 4.74 Å². The number of ether oxygens (including phenoxy) is 1. The molecule has 1 spiro atoms. The number of fused-ring (bicyclic) bond motifs is 2. The van der Waals surface area contributed by atoms with Gasteiger partial charge in [-0.1, -0.05) is 35.9 Å². The quantitative estimate of drug-likeness (QED) is 0.557. The van der Waals surface area contributed by atoms with Gasteiger partial charge in [0.2, 0.25) is 0 Å². The zero-order valence-corrected chi connectivity index (χ0v) is 14.4. The lowest BCUT2D eigenvalue weighted by molar-refractivity contribution is -0.0452. The van der Waals surface area contributed by atoms with E-state index >= 15 is 0 Å². The van der Waals surface area contributed by atoms with Crippen LogP contribution in [0.3, 0.4) is 0 Å². The molecule has 1 heterocycles. The normalized spacial score (nSPS) is 37.9. The van der Waals surface area contributed by atoms with Crippen LogP contribution in [0, 0.1) is 23.7 Å². The van der Waals surface area contributed by atoms with Gasteiger partial charge < -0.3 is 4.74 Å². The summed E-state index contributed by atoms with van der Waals surface area (Å²) in [6.07, 6.45) is 7.05. The third-order valence-electron chi connectivity index (χ3n) is 7.37. The highest BCUT2D eigenvalue weighted by Gasteiger charge is 2.61. The predicted octanol–water partition coefficient (Wildman–Crippen LogP) is 6.19. The number of hydrogen-bond acceptors (Lipinski definition) is 1. The molecule has 0 radical (unpaired) electrons. The first-order chi connectivity index (χ1) is 11.7. The monoisotopic (exact) mass is 336 g/mol. The summed E-state index contributed by atoms with van der Waals surface area (Å²) in [4.78, 5) is 0. The second-order valence-electron chi connectivity index (χ2n) is 8.41. The molecule has 4 saturated carbocycles. The van der Waals surface area contributed by atoms with Crippen molar-refractivity contribution in [2.75, 3.05) is 0 Å². The molecule has 0 unspecified atom stereocenters. The number of para-hydroxylation sites is 1. The highest BCUT2D eigenvalue weighted by atomic mass is 35.5. The number of benzene rings is 2. The molecular weight excluding hydrogens is 316 g/mol. The zero-order valence-electron chi connectivity index (χ0n) is 13.7. The number of halogens is 1. The van der Waals surface area contributed by atoms with E-state index < -0.39 is 0 Å². The van der Waals surface area contributed by atoms with Crippen LogP contribution in [0.15, 0.2) is 42.5 Å². The van der Waals surface area contributed by atoms with Gasteiger partial charge in [0, 0.05) is 21.6 Å². The van der Waals surface area contributed by atoms with E-state index in [0.29, 0.717) is 0 Å². The molecule has 0 amide bonds. The van der Waals surface area contributed by atoms with Crippen molar-refractivity contribution >= 4 is 11.6 Å². The van der Waals surface area contributed by atoms with Crippen LogP contribution in [0.1, 0.15) is 43.2 Å². The van der Waals surface area contributed by atoms with Crippen molar-refractivity contribution in [3.63, 3.8) is 0 Å². The van der Waals surface area contributed by atoms with Gasteiger partial charge >= 0.3 is 0 Å². The Hall–Kier alpha value is -1.47. The number of rotatable bonds is 0. The molecule has 2 aromatic carbocycles. The average molecular weight is 337 g/mol. The summed E-state index contributed by atoms with van der Waals surface area (Å²) in [5.74, 6) is 5.50. The average Bonchev–Trinajstić information content (AvgIpc) is 2.57. The molecule has 5 aliphatic rings. The van der Waals surface area contributed by atoms with Crippen molar-refractivity contribution in [2.45, 2.75) is 37.5 Å². The summed E-state index contributed by atoms with van der Waals surface area (Å²) >= 11 is 6.30. The van der Waals surface area contributed by atoms with Gasteiger partial charge in [-0.2, -0.15) is 0 Å². The second-order valence-corrected chi connectivity index (χ2v) is 8.85. The van der Waals surface area contributed by atoms with Crippen LogP contribution in [0.25, 0.3) is 0 Å². The third kappa shape index (κ3) is 1.57. The van der Waals surface area contributed by atoms with E-state index in [9.17, 15) is 0 Å². The van der Waals surface area contributed by atoms with Gasteiger partial charge in [-0.3, -0.25) is 0 Å². The maximum Gasteiger partial charge on any atom is 0.133 e. The number of hydrogen-bond donors (Lipinski definition) is 0. The summed E-state index contributed by atoms with van der Waals surface area (Å²) in [5, 5.41) is 0.770. The van der Waals surface area contributed by atoms with Crippen molar-refractivity contribution in [1.82, 2.24) is 0 Å². The lowest BCUT2D eigenvalue weighted by Gasteiger charge is -2.63. The Morgan fingerprint density at radius 3 is 2.21 bits per heavy atom. The van der Waals surface area contributed by atoms with E-state index in [1.807, 2.05) is 6.07 Å². The molecule has 2 heteroatoms. The Morgan fingerprint density at radius 1 is 0.792 bits per heavy atom. The fourth-order valence-electron chi connectivity index (χ4n) is 6.89. The van der Waals surface area contributed by atoms with Gasteiger partial charge in [-0.25, -0.2) is 0 Å². The van der Waals surface area contributed by atoms with Crippen molar-refractivity contribution in [3.8, 4) is 11.5 Å². The van der Waals surface area contributed by atoms with Gasteiger partial charge in [-0.15, -0.1) is 0 Å². The van der Waals surface area contributed by atoms with Crippen molar-refractivity contribution in [3.05, 3.63) is 58.6 Å². The molecule has 7 rings (SSSR count). The molecule has 1 nitrogen and oxygen atoms in total. The van der Waals surface area contributed by atoms with Crippen molar-refractivity contribution in [1.29, 1.82) is 0 Å². The predicted molar refractivity (Wildman–Crippen MR) is 95.8 cm³/mol. The van der Waals surface area contributed by atoms with Gasteiger partial charge in [0.05, 0.1) is 0 Å². The minimum Gasteiger partial charge on any atom is -0.457 e. The van der Waals surface area contributed by atoms with Crippen LogP contribution >= 0.6 is 11.6 Å². The molecule has 4 aliphatic carbocycles. The lowest BCUT2D eigenvalue weighted by atomic mass is 9.42. The van der Waals surface area contributed by atoms with Crippen LogP contribution in [-0.4, -0.2) is 0 Å². The molecule has 2 aromatic rings. The minimum atomic E-state index is 0.155. The molecule has 1 aliphatic heterocycles. The standard InChI is InChI=1S/C22H21ClO/c23-17-5-6-19-21(12-17)24-20-4-2-1-3-18(20)22(19)15-8-13-7-14(10-15)11-16(22)9-13/h1-6,12-16H,7-11H2. The Kier molecular flexibility index (Phi) is 2.63. The smallest absolute Gasteiger partial charge is 0.133 e. The van der Waals surface area contributed by atoms with Gasteiger partial charge in [0.1, 0.15) is 11.5 Å². The van der Waals surface area contributed by atoms with Crippen LogP contribution in [0.4, 0.5) is 0 Å². The first kappa shape index (κ1) is 13.8. The summed E-state index contributed by atoms with van der Waals surface area (Å²) in [5.41, 5.74) is 3.00. The summed E-state index contributed by atoms with van der Waals surface area (Å²) in [7, 11) is 0. The SMILES string of the molecule is Clc1ccc2c(c1)Oc1ccccc1C21C2CC3CC(C2)CC1C3. The Balaban J connectivity index is 1.66. The van der Waals surface area contributed by atoms with E-state index in [1.165, 1.54) is 43.2 Å². The fraction of sp³-hybridized carbons (Fsp3) is 0.455. The van der Waals surface area contributed by atoms with Crippen LogP contribution in [-0.2, 0) is 5.41 Å². The van der Waals surface area contributed by atoms with E-state index in [1.54, 1.807) is 0 Å². The lowest BCUT2D eigenvalue weighted by Crippen LogP contribution is -2.56. The highest BCUT2D eigenvalue weighted by molar-refractivity contribution is 6.30. The van der Waals surface area contributed by atoms with Crippen LogP contribution in [0.2, 0.25) is 5.02 Å². The molecule has 0 N–H and O–H groups in total. The first-order valence-corrected chi connectivity index (χ1v) is 9.70. The zero-order chi connectivity index (χ0) is 15.9. The molecule has 0 saturated heterocycles. The van der Waals surface area contributed by atoms with Crippen molar-refractivity contribution in [2.24, 2.45) is 23.7 Å². The van der Waals surface area contributed by atoms with Gasteiger partial charge in [0.25, 0.3) is 0 Å². The summed E-state index contributed by atoms with van der Waals surface area (Å²) in [6, 6.07) is 15.1. The fourth-order valence-corrected chi connectivity index (χ4v) is 7.05. The highest BCUT2D eigenvalue weighted by Crippen LogP contribution is 2.68. The Labute approximate surface area is 148 Å². The molecule has 0 aromatic heterocycles. The maximum absolute atomic E-state index is 6.30. The van der Waals surface area contributed by atoms with Crippen molar-refractivity contribution < 1.29 is 4.74 Å². The Bertz CT molecular complexity index is 812. The molecule has 0 atom stereocenters.